The van der Waals surface area contributed by atoms with E-state index in [-0.39, 0.29) is 6.61 Å². The fourth-order valence-corrected chi connectivity index (χ4v) is 1.70. The molecule has 1 aromatic heterocycles. The highest BCUT2D eigenvalue weighted by Crippen LogP contribution is 2.01. The van der Waals surface area contributed by atoms with E-state index >= 15 is 0 Å². The number of aromatic nitrogens is 1. The molecule has 1 N–H and O–H groups in total. The molecular formula is C13H22N2O. The first kappa shape index (κ1) is 13.1. The predicted octanol–water partition coefficient (Wildman–Crippen LogP) is 1.72. The van der Waals surface area contributed by atoms with Crippen molar-refractivity contribution in [3.05, 3.63) is 30.1 Å². The van der Waals surface area contributed by atoms with Gasteiger partial charge in [-0.15, -0.1) is 0 Å². The van der Waals surface area contributed by atoms with Gasteiger partial charge in [0.05, 0.1) is 6.61 Å². The second-order valence-corrected chi connectivity index (χ2v) is 4.02. The van der Waals surface area contributed by atoms with E-state index in [4.69, 9.17) is 5.11 Å². The van der Waals surface area contributed by atoms with Crippen LogP contribution in [0.1, 0.15) is 25.3 Å². The van der Waals surface area contributed by atoms with E-state index in [1.54, 1.807) is 0 Å². The van der Waals surface area contributed by atoms with Crippen LogP contribution in [0.3, 0.4) is 0 Å². The Hall–Kier alpha value is -0.930. The Balaban J connectivity index is 2.31. The van der Waals surface area contributed by atoms with Gasteiger partial charge in [-0.2, -0.15) is 0 Å². The Labute approximate surface area is 98.1 Å². The average molecular weight is 222 g/mol. The van der Waals surface area contributed by atoms with E-state index in [9.17, 15) is 0 Å². The largest absolute Gasteiger partial charge is 0.395 e. The number of rotatable bonds is 8. The van der Waals surface area contributed by atoms with Crippen molar-refractivity contribution in [2.75, 3.05) is 26.2 Å². The Morgan fingerprint density at radius 2 is 1.94 bits per heavy atom. The van der Waals surface area contributed by atoms with E-state index < -0.39 is 0 Å². The lowest BCUT2D eigenvalue weighted by Crippen LogP contribution is -2.30. The molecule has 16 heavy (non-hydrogen) atoms. The molecule has 0 aliphatic rings. The quantitative estimate of drug-likeness (QED) is 0.727. The van der Waals surface area contributed by atoms with Gasteiger partial charge in [0, 0.05) is 25.5 Å². The molecule has 0 saturated heterocycles. The number of nitrogens with zero attached hydrogens (tertiary/aromatic N) is 2. The molecular weight excluding hydrogens is 200 g/mol. The maximum Gasteiger partial charge on any atom is 0.0558 e. The van der Waals surface area contributed by atoms with Gasteiger partial charge in [0.1, 0.15) is 0 Å². The van der Waals surface area contributed by atoms with Crippen molar-refractivity contribution >= 4 is 0 Å². The topological polar surface area (TPSA) is 36.4 Å². The van der Waals surface area contributed by atoms with Crippen molar-refractivity contribution in [1.82, 2.24) is 9.88 Å². The molecule has 0 aromatic carbocycles. The third kappa shape index (κ3) is 5.24. The van der Waals surface area contributed by atoms with Gasteiger partial charge < -0.3 is 10.0 Å². The maximum atomic E-state index is 8.98. The minimum Gasteiger partial charge on any atom is -0.395 e. The van der Waals surface area contributed by atoms with E-state index in [0.717, 1.165) is 26.1 Å². The molecule has 0 bridgehead atoms. The summed E-state index contributed by atoms with van der Waals surface area (Å²) in [6.45, 7) is 5.33. The molecule has 0 aliphatic carbocycles. The Morgan fingerprint density at radius 3 is 2.56 bits per heavy atom. The molecule has 3 nitrogen and oxygen atoms in total. The van der Waals surface area contributed by atoms with E-state index in [1.165, 1.54) is 18.4 Å². The van der Waals surface area contributed by atoms with Crippen molar-refractivity contribution in [2.24, 2.45) is 0 Å². The minimum absolute atomic E-state index is 0.250. The smallest absolute Gasteiger partial charge is 0.0558 e. The van der Waals surface area contributed by atoms with Gasteiger partial charge in [-0.05, 0) is 37.1 Å². The molecule has 0 amide bonds. The normalized spacial score (nSPS) is 10.9. The van der Waals surface area contributed by atoms with Crippen molar-refractivity contribution < 1.29 is 5.11 Å². The molecule has 0 aliphatic heterocycles. The third-order valence-electron chi connectivity index (χ3n) is 2.71. The number of hydrogen-bond donors (Lipinski definition) is 1. The summed E-state index contributed by atoms with van der Waals surface area (Å²) in [4.78, 5) is 6.33. The monoisotopic (exact) mass is 222 g/mol. The molecule has 0 fully saturated rings. The lowest BCUT2D eigenvalue weighted by atomic mass is 10.2. The average Bonchev–Trinajstić information content (AvgIpc) is 2.34. The van der Waals surface area contributed by atoms with E-state index in [0.29, 0.717) is 0 Å². The van der Waals surface area contributed by atoms with Crippen LogP contribution in [0.15, 0.2) is 24.5 Å². The second kappa shape index (κ2) is 8.25. The van der Waals surface area contributed by atoms with Crippen LogP contribution < -0.4 is 0 Å². The molecule has 0 atom stereocenters. The summed E-state index contributed by atoms with van der Waals surface area (Å²) >= 11 is 0. The van der Waals surface area contributed by atoms with Crippen molar-refractivity contribution in [3.8, 4) is 0 Å². The van der Waals surface area contributed by atoms with Crippen LogP contribution in [0.4, 0.5) is 0 Å². The molecule has 0 saturated carbocycles. The summed E-state index contributed by atoms with van der Waals surface area (Å²) in [6.07, 6.45) is 7.11. The lowest BCUT2D eigenvalue weighted by Gasteiger charge is -2.20. The van der Waals surface area contributed by atoms with Crippen LogP contribution in [-0.2, 0) is 6.42 Å². The first-order chi connectivity index (χ1) is 7.86. The summed E-state index contributed by atoms with van der Waals surface area (Å²) in [5, 5.41) is 8.98. The third-order valence-corrected chi connectivity index (χ3v) is 2.71. The summed E-state index contributed by atoms with van der Waals surface area (Å²) in [6, 6.07) is 4.11. The van der Waals surface area contributed by atoms with Gasteiger partial charge in [0.15, 0.2) is 0 Å². The van der Waals surface area contributed by atoms with Crippen LogP contribution in [0.5, 0.6) is 0 Å². The van der Waals surface area contributed by atoms with Gasteiger partial charge in [-0.25, -0.2) is 0 Å². The van der Waals surface area contributed by atoms with Crippen molar-refractivity contribution in [3.63, 3.8) is 0 Å². The first-order valence-electron chi connectivity index (χ1n) is 6.09. The summed E-state index contributed by atoms with van der Waals surface area (Å²) in [7, 11) is 0. The number of pyridine rings is 1. The number of aliphatic hydroxyl groups is 1. The molecule has 1 heterocycles. The van der Waals surface area contributed by atoms with Crippen molar-refractivity contribution in [1.29, 1.82) is 0 Å². The zero-order chi connectivity index (χ0) is 11.6. The maximum absolute atomic E-state index is 8.98. The standard InChI is InChI=1S/C13H22N2O/c1-2-3-9-15(11-12-16)10-6-13-4-7-14-8-5-13/h4-5,7-8,16H,2-3,6,9-12H2,1H3. The zero-order valence-corrected chi connectivity index (χ0v) is 10.1. The molecule has 90 valence electrons. The van der Waals surface area contributed by atoms with Crippen molar-refractivity contribution in [2.45, 2.75) is 26.2 Å². The number of unbranched alkanes of at least 4 members (excludes halogenated alkanes) is 1. The van der Waals surface area contributed by atoms with E-state index in [2.05, 4.69) is 28.9 Å². The van der Waals surface area contributed by atoms with Crippen LogP contribution in [0, 0.1) is 0 Å². The highest BCUT2D eigenvalue weighted by molar-refractivity contribution is 5.09. The Morgan fingerprint density at radius 1 is 1.19 bits per heavy atom. The predicted molar refractivity (Wildman–Crippen MR) is 66.4 cm³/mol. The Kier molecular flexibility index (Phi) is 6.77. The molecule has 0 unspecified atom stereocenters. The molecule has 1 rings (SSSR count). The van der Waals surface area contributed by atoms with Crippen LogP contribution in [0.2, 0.25) is 0 Å². The van der Waals surface area contributed by atoms with Crippen LogP contribution in [-0.4, -0.2) is 41.2 Å². The zero-order valence-electron chi connectivity index (χ0n) is 10.1. The summed E-state index contributed by atoms with van der Waals surface area (Å²) in [5.74, 6) is 0. The molecule has 1 aromatic rings. The fraction of sp³-hybridized carbons (Fsp3) is 0.615. The molecule has 0 radical (unpaired) electrons. The van der Waals surface area contributed by atoms with Gasteiger partial charge >= 0.3 is 0 Å². The summed E-state index contributed by atoms with van der Waals surface area (Å²) < 4.78 is 0. The minimum atomic E-state index is 0.250. The Bertz CT molecular complexity index is 264. The van der Waals surface area contributed by atoms with Gasteiger partial charge in [-0.3, -0.25) is 4.98 Å². The SMILES string of the molecule is CCCCN(CCO)CCc1ccncc1. The second-order valence-electron chi connectivity index (χ2n) is 4.02. The van der Waals surface area contributed by atoms with E-state index in [1.807, 2.05) is 12.4 Å². The fourth-order valence-electron chi connectivity index (χ4n) is 1.70. The van der Waals surface area contributed by atoms with Crippen LogP contribution >= 0.6 is 0 Å². The van der Waals surface area contributed by atoms with Crippen LogP contribution in [0.25, 0.3) is 0 Å². The van der Waals surface area contributed by atoms with Gasteiger partial charge in [0.25, 0.3) is 0 Å². The number of aliphatic hydroxyl groups excluding tert-OH is 1. The highest BCUT2D eigenvalue weighted by atomic mass is 16.3. The lowest BCUT2D eigenvalue weighted by molar-refractivity contribution is 0.195. The molecule has 0 spiro atoms. The van der Waals surface area contributed by atoms with Gasteiger partial charge in [-0.1, -0.05) is 13.3 Å². The van der Waals surface area contributed by atoms with Gasteiger partial charge in [0.2, 0.25) is 0 Å². The summed E-state index contributed by atoms with van der Waals surface area (Å²) in [5.41, 5.74) is 1.31. The molecule has 3 heteroatoms. The number of hydrogen-bond acceptors (Lipinski definition) is 3. The highest BCUT2D eigenvalue weighted by Gasteiger charge is 2.03. The first-order valence-corrected chi connectivity index (χ1v) is 6.09.